The largest absolute Gasteiger partial charge is 0.368 e. The van der Waals surface area contributed by atoms with Crippen LogP contribution in [0.15, 0.2) is 36.5 Å². The van der Waals surface area contributed by atoms with Crippen molar-refractivity contribution in [3.8, 4) is 0 Å². The monoisotopic (exact) mass is 343 g/mol. The van der Waals surface area contributed by atoms with E-state index < -0.39 is 0 Å². The van der Waals surface area contributed by atoms with E-state index in [1.807, 2.05) is 18.2 Å². The molecule has 1 aliphatic heterocycles. The van der Waals surface area contributed by atoms with E-state index in [0.29, 0.717) is 18.5 Å². The standard InChI is InChI=1S/C19H26FN5/c1-14(2)22-18-9-10-21-19(24-18)23-16-7-5-11-25(13-16)12-15-6-3-4-8-17(15)20/h3-4,6,8-10,14,16H,5,7,11-13H2,1-2H3,(H2,21,22,23,24)/t16-/m0/s1. The summed E-state index contributed by atoms with van der Waals surface area (Å²) < 4.78 is 13.9. The lowest BCUT2D eigenvalue weighted by Gasteiger charge is -2.33. The molecule has 25 heavy (non-hydrogen) atoms. The van der Waals surface area contributed by atoms with Crippen LogP contribution in [0.25, 0.3) is 0 Å². The van der Waals surface area contributed by atoms with Crippen LogP contribution < -0.4 is 10.6 Å². The van der Waals surface area contributed by atoms with Crippen LogP contribution in [0.1, 0.15) is 32.3 Å². The van der Waals surface area contributed by atoms with Gasteiger partial charge >= 0.3 is 0 Å². The zero-order valence-corrected chi connectivity index (χ0v) is 14.9. The van der Waals surface area contributed by atoms with E-state index in [-0.39, 0.29) is 11.9 Å². The van der Waals surface area contributed by atoms with Crippen LogP contribution in [-0.2, 0) is 6.54 Å². The van der Waals surface area contributed by atoms with Crippen LogP contribution in [0.3, 0.4) is 0 Å². The van der Waals surface area contributed by atoms with Gasteiger partial charge in [0.25, 0.3) is 0 Å². The summed E-state index contributed by atoms with van der Waals surface area (Å²) in [4.78, 5) is 11.1. The number of likely N-dealkylation sites (tertiary alicyclic amines) is 1. The summed E-state index contributed by atoms with van der Waals surface area (Å²) in [6.07, 6.45) is 3.91. The lowest BCUT2D eigenvalue weighted by atomic mass is 10.0. The van der Waals surface area contributed by atoms with Crippen molar-refractivity contribution in [2.24, 2.45) is 0 Å². The minimum absolute atomic E-state index is 0.131. The van der Waals surface area contributed by atoms with Crippen molar-refractivity contribution in [3.05, 3.63) is 47.9 Å². The minimum atomic E-state index is -0.131. The first-order valence-corrected chi connectivity index (χ1v) is 8.92. The van der Waals surface area contributed by atoms with Crippen LogP contribution in [0.4, 0.5) is 16.2 Å². The van der Waals surface area contributed by atoms with Gasteiger partial charge in [0.1, 0.15) is 11.6 Å². The van der Waals surface area contributed by atoms with Crippen LogP contribution in [0, 0.1) is 5.82 Å². The van der Waals surface area contributed by atoms with Gasteiger partial charge in [0, 0.05) is 36.9 Å². The number of aromatic nitrogens is 2. The van der Waals surface area contributed by atoms with E-state index in [0.717, 1.165) is 37.3 Å². The van der Waals surface area contributed by atoms with Crippen molar-refractivity contribution in [3.63, 3.8) is 0 Å². The zero-order valence-electron chi connectivity index (χ0n) is 14.9. The summed E-state index contributed by atoms with van der Waals surface area (Å²) >= 11 is 0. The van der Waals surface area contributed by atoms with Gasteiger partial charge in [-0.2, -0.15) is 4.98 Å². The Bertz CT molecular complexity index is 691. The third-order valence-corrected chi connectivity index (χ3v) is 4.28. The second-order valence-corrected chi connectivity index (χ2v) is 6.87. The average Bonchev–Trinajstić information content (AvgIpc) is 2.57. The third-order valence-electron chi connectivity index (χ3n) is 4.28. The highest BCUT2D eigenvalue weighted by molar-refractivity contribution is 5.40. The molecule has 0 radical (unpaired) electrons. The van der Waals surface area contributed by atoms with E-state index in [4.69, 9.17) is 0 Å². The summed E-state index contributed by atoms with van der Waals surface area (Å²) in [5.74, 6) is 1.34. The minimum Gasteiger partial charge on any atom is -0.368 e. The fraction of sp³-hybridized carbons (Fsp3) is 0.474. The molecule has 1 saturated heterocycles. The maximum atomic E-state index is 13.9. The Kier molecular flexibility index (Phi) is 5.81. The van der Waals surface area contributed by atoms with E-state index >= 15 is 0 Å². The second kappa shape index (κ2) is 8.25. The van der Waals surface area contributed by atoms with E-state index in [1.165, 1.54) is 6.07 Å². The molecule has 134 valence electrons. The van der Waals surface area contributed by atoms with Gasteiger partial charge in [-0.05, 0) is 45.4 Å². The summed E-state index contributed by atoms with van der Waals surface area (Å²) in [6.45, 7) is 6.65. The Labute approximate surface area is 148 Å². The number of piperidine rings is 1. The maximum Gasteiger partial charge on any atom is 0.224 e. The molecule has 1 aromatic carbocycles. The van der Waals surface area contributed by atoms with Crippen LogP contribution in [0.5, 0.6) is 0 Å². The molecule has 1 atom stereocenters. The van der Waals surface area contributed by atoms with Crippen molar-refractivity contribution in [1.82, 2.24) is 14.9 Å². The molecule has 0 aliphatic carbocycles. The molecule has 5 nitrogen and oxygen atoms in total. The van der Waals surface area contributed by atoms with E-state index in [2.05, 4.69) is 39.3 Å². The number of hydrogen-bond acceptors (Lipinski definition) is 5. The topological polar surface area (TPSA) is 53.1 Å². The molecule has 1 aliphatic rings. The number of nitrogens with zero attached hydrogens (tertiary/aromatic N) is 3. The molecule has 2 N–H and O–H groups in total. The van der Waals surface area contributed by atoms with Crippen molar-refractivity contribution < 1.29 is 4.39 Å². The predicted molar refractivity (Wildman–Crippen MR) is 99.1 cm³/mol. The van der Waals surface area contributed by atoms with Crippen molar-refractivity contribution in [2.45, 2.75) is 45.3 Å². The Morgan fingerprint density at radius 1 is 1.28 bits per heavy atom. The zero-order chi connectivity index (χ0) is 17.6. The molecule has 6 heteroatoms. The lowest BCUT2D eigenvalue weighted by molar-refractivity contribution is 0.206. The Morgan fingerprint density at radius 2 is 2.12 bits per heavy atom. The number of hydrogen-bond donors (Lipinski definition) is 2. The highest BCUT2D eigenvalue weighted by atomic mass is 19.1. The fourth-order valence-corrected chi connectivity index (χ4v) is 3.17. The van der Waals surface area contributed by atoms with Gasteiger partial charge in [0.2, 0.25) is 5.95 Å². The number of halogens is 1. The normalized spacial score (nSPS) is 18.3. The fourth-order valence-electron chi connectivity index (χ4n) is 3.17. The third kappa shape index (κ3) is 5.13. The summed E-state index contributed by atoms with van der Waals surface area (Å²) in [5.41, 5.74) is 0.752. The highest BCUT2D eigenvalue weighted by Gasteiger charge is 2.21. The second-order valence-electron chi connectivity index (χ2n) is 6.87. The molecule has 2 heterocycles. The summed E-state index contributed by atoms with van der Waals surface area (Å²) in [7, 11) is 0. The molecule has 0 amide bonds. The van der Waals surface area contributed by atoms with Gasteiger partial charge in [-0.3, -0.25) is 4.90 Å². The lowest BCUT2D eigenvalue weighted by Crippen LogP contribution is -2.42. The van der Waals surface area contributed by atoms with Gasteiger partial charge in [-0.25, -0.2) is 9.37 Å². The number of nitrogens with one attached hydrogen (secondary N) is 2. The smallest absolute Gasteiger partial charge is 0.224 e. The molecular weight excluding hydrogens is 317 g/mol. The Hall–Kier alpha value is -2.21. The van der Waals surface area contributed by atoms with Gasteiger partial charge in [0.05, 0.1) is 0 Å². The van der Waals surface area contributed by atoms with Gasteiger partial charge in [-0.15, -0.1) is 0 Å². The summed E-state index contributed by atoms with van der Waals surface area (Å²) in [5, 5.41) is 6.71. The molecule has 1 fully saturated rings. The first-order chi connectivity index (χ1) is 12.1. The quantitative estimate of drug-likeness (QED) is 0.841. The van der Waals surface area contributed by atoms with Crippen LogP contribution in [0.2, 0.25) is 0 Å². The summed E-state index contributed by atoms with van der Waals surface area (Å²) in [6, 6.07) is 9.47. The molecule has 2 aromatic rings. The van der Waals surface area contributed by atoms with Gasteiger partial charge < -0.3 is 10.6 Å². The molecule has 0 bridgehead atoms. The maximum absolute atomic E-state index is 13.9. The predicted octanol–water partition coefficient (Wildman–Crippen LogP) is 3.51. The Balaban J connectivity index is 1.59. The molecule has 3 rings (SSSR count). The van der Waals surface area contributed by atoms with Crippen molar-refractivity contribution >= 4 is 11.8 Å². The SMILES string of the molecule is CC(C)Nc1ccnc(N[C@H]2CCCN(Cc3ccccc3F)C2)n1. The van der Waals surface area contributed by atoms with E-state index in [9.17, 15) is 4.39 Å². The first-order valence-electron chi connectivity index (χ1n) is 8.92. The molecular formula is C19H26FN5. The van der Waals surface area contributed by atoms with Crippen LogP contribution in [-0.4, -0.2) is 40.0 Å². The highest BCUT2D eigenvalue weighted by Crippen LogP contribution is 2.18. The number of benzene rings is 1. The van der Waals surface area contributed by atoms with E-state index in [1.54, 1.807) is 12.3 Å². The van der Waals surface area contributed by atoms with Crippen LogP contribution >= 0.6 is 0 Å². The van der Waals surface area contributed by atoms with Crippen molar-refractivity contribution in [2.75, 3.05) is 23.7 Å². The molecule has 0 saturated carbocycles. The van der Waals surface area contributed by atoms with Crippen molar-refractivity contribution in [1.29, 1.82) is 0 Å². The molecule has 0 spiro atoms. The first kappa shape index (κ1) is 17.6. The molecule has 1 aromatic heterocycles. The Morgan fingerprint density at radius 3 is 2.92 bits per heavy atom. The number of rotatable bonds is 6. The average molecular weight is 343 g/mol. The molecule has 0 unspecified atom stereocenters. The van der Waals surface area contributed by atoms with Gasteiger partial charge in [-0.1, -0.05) is 18.2 Å². The van der Waals surface area contributed by atoms with Gasteiger partial charge in [0.15, 0.2) is 0 Å². The number of anilines is 2.